The molecule has 1 aromatic heterocycles. The first kappa shape index (κ1) is 27.5. The van der Waals surface area contributed by atoms with Crippen molar-refractivity contribution in [2.75, 3.05) is 7.05 Å². The first-order valence-corrected chi connectivity index (χ1v) is 13.0. The summed E-state index contributed by atoms with van der Waals surface area (Å²) >= 11 is 6.15. The number of carbonyl (C=O) groups excluding carboxylic acids is 1. The van der Waals surface area contributed by atoms with Crippen molar-refractivity contribution in [2.24, 2.45) is 7.05 Å². The number of hydrogen-bond acceptors (Lipinski definition) is 5. The molecule has 5 rings (SSSR count). The highest BCUT2D eigenvalue weighted by Crippen LogP contribution is 2.44. The molecule has 40 heavy (non-hydrogen) atoms. The minimum atomic E-state index is -1.65. The van der Waals surface area contributed by atoms with Crippen LogP contribution in [0.25, 0.3) is 5.57 Å². The fraction of sp³-hybridized carbons (Fsp3) is 0.188. The van der Waals surface area contributed by atoms with Crippen LogP contribution in [0.3, 0.4) is 0 Å². The molecule has 0 saturated carbocycles. The van der Waals surface area contributed by atoms with Gasteiger partial charge in [-0.1, -0.05) is 47.7 Å². The second kappa shape index (κ2) is 9.86. The summed E-state index contributed by atoms with van der Waals surface area (Å²) in [7, 11) is 3.09. The third-order valence-corrected chi connectivity index (χ3v) is 7.24. The zero-order valence-electron chi connectivity index (χ0n) is 22.5. The molecule has 202 valence electrons. The average molecular weight is 554 g/mol. The van der Waals surface area contributed by atoms with Crippen molar-refractivity contribution in [1.82, 2.24) is 14.2 Å². The minimum absolute atomic E-state index is 0.252. The second-order valence-corrected chi connectivity index (χ2v) is 11.0. The Bertz CT molecular complexity index is 1720. The lowest BCUT2D eigenvalue weighted by Gasteiger charge is -2.39. The summed E-state index contributed by atoms with van der Waals surface area (Å²) in [5, 5.41) is 36.4. The average Bonchev–Trinajstić information content (AvgIpc) is 3.35. The van der Waals surface area contributed by atoms with Gasteiger partial charge in [-0.3, -0.25) is 4.65 Å². The van der Waals surface area contributed by atoms with Crippen LogP contribution >= 0.6 is 11.6 Å². The molecule has 7 nitrogen and oxygen atoms in total. The molecule has 0 fully saturated rings. The molecule has 8 heteroatoms. The number of amides is 1. The van der Waals surface area contributed by atoms with Crippen LogP contribution in [0.5, 0.6) is 0 Å². The Kier molecular flexibility index (Phi) is 6.79. The monoisotopic (exact) mass is 553 g/mol. The number of aryl methyl sites for hydroxylation is 1. The van der Waals surface area contributed by atoms with Gasteiger partial charge in [0.1, 0.15) is 11.3 Å². The normalized spacial score (nSPS) is 18.3. The highest BCUT2D eigenvalue weighted by molar-refractivity contribution is 6.30. The lowest BCUT2D eigenvalue weighted by molar-refractivity contribution is -0.122. The third kappa shape index (κ3) is 4.88. The smallest absolute Gasteiger partial charge is 0.344 e. The topological polar surface area (TPSA) is 98.4 Å². The standard InChI is InChI=1S/C32H28ClN3O4/c1-31(2,38)15-14-21-6-5-7-22(16-21)26-18-30(37)36(4,40)28-13-10-24(17-27(26)28)32(39,29-19-34-20-35(29)3)23-8-11-25(33)12-9-23/h5-13,16-20,38-39H,1-4H3. The third-order valence-electron chi connectivity index (χ3n) is 6.99. The Morgan fingerprint density at radius 1 is 1.02 bits per heavy atom. The SMILES string of the molecule is Cn1cncc1C(O)(c1ccc(Cl)cc1)c1ccc2c(c1)C(c1cccc(C#CC(C)(C)O)c1)=CC(=O)[N+]2(C)[O-]. The highest BCUT2D eigenvalue weighted by atomic mass is 35.5. The first-order chi connectivity index (χ1) is 18.8. The van der Waals surface area contributed by atoms with Gasteiger partial charge in [0.25, 0.3) is 0 Å². The Morgan fingerprint density at radius 3 is 2.38 bits per heavy atom. The zero-order chi connectivity index (χ0) is 28.9. The summed E-state index contributed by atoms with van der Waals surface area (Å²) < 4.78 is 0.509. The maximum absolute atomic E-state index is 13.5. The number of nitrogens with zero attached hydrogens (tertiary/aromatic N) is 3. The van der Waals surface area contributed by atoms with Crippen LogP contribution in [0, 0.1) is 17.0 Å². The number of rotatable bonds is 4. The van der Waals surface area contributed by atoms with E-state index in [0.29, 0.717) is 44.1 Å². The second-order valence-electron chi connectivity index (χ2n) is 10.5. The van der Waals surface area contributed by atoms with Gasteiger partial charge >= 0.3 is 5.91 Å². The van der Waals surface area contributed by atoms with Gasteiger partial charge in [0.2, 0.25) is 0 Å². The molecule has 3 aromatic carbocycles. The number of benzene rings is 3. The molecule has 2 N–H and O–H groups in total. The maximum atomic E-state index is 13.5. The van der Waals surface area contributed by atoms with E-state index >= 15 is 0 Å². The van der Waals surface area contributed by atoms with Crippen molar-refractivity contribution in [3.63, 3.8) is 0 Å². The molecule has 0 spiro atoms. The minimum Gasteiger partial charge on any atom is -0.620 e. The summed E-state index contributed by atoms with van der Waals surface area (Å²) in [5.41, 5.74) is 1.34. The molecule has 1 aliphatic heterocycles. The number of carbonyl (C=O) groups is 1. The molecular formula is C32H28ClN3O4. The van der Waals surface area contributed by atoms with E-state index in [1.807, 2.05) is 6.07 Å². The van der Waals surface area contributed by atoms with Gasteiger partial charge in [0, 0.05) is 34.8 Å². The number of quaternary nitrogens is 1. The number of aromatic nitrogens is 2. The van der Waals surface area contributed by atoms with E-state index in [4.69, 9.17) is 11.6 Å². The van der Waals surface area contributed by atoms with Gasteiger partial charge in [0.05, 0.1) is 31.3 Å². The Morgan fingerprint density at radius 2 is 1.73 bits per heavy atom. The molecule has 2 atom stereocenters. The van der Waals surface area contributed by atoms with Crippen LogP contribution in [0.15, 0.2) is 85.3 Å². The van der Waals surface area contributed by atoms with Crippen molar-refractivity contribution < 1.29 is 15.0 Å². The van der Waals surface area contributed by atoms with Crippen LogP contribution in [-0.4, -0.2) is 38.3 Å². The number of hydroxylamine groups is 2. The van der Waals surface area contributed by atoms with Crippen molar-refractivity contribution >= 4 is 28.8 Å². The van der Waals surface area contributed by atoms with Crippen LogP contribution in [0.4, 0.5) is 5.69 Å². The number of hydrogen-bond donors (Lipinski definition) is 2. The van der Waals surface area contributed by atoms with E-state index in [1.54, 1.807) is 98.7 Å². The first-order valence-electron chi connectivity index (χ1n) is 12.6. The van der Waals surface area contributed by atoms with Crippen molar-refractivity contribution in [1.29, 1.82) is 0 Å². The molecule has 2 unspecified atom stereocenters. The van der Waals surface area contributed by atoms with Gasteiger partial charge in [-0.15, -0.1) is 0 Å². The lowest BCUT2D eigenvalue weighted by atomic mass is 9.81. The van der Waals surface area contributed by atoms with Crippen LogP contribution in [0.2, 0.25) is 5.02 Å². The molecule has 0 bridgehead atoms. The molecular weight excluding hydrogens is 526 g/mol. The Balaban J connectivity index is 1.73. The van der Waals surface area contributed by atoms with Gasteiger partial charge < -0.3 is 20.0 Å². The van der Waals surface area contributed by atoms with Gasteiger partial charge in [0.15, 0.2) is 5.60 Å². The molecule has 0 radical (unpaired) electrons. The zero-order valence-corrected chi connectivity index (χ0v) is 23.3. The van der Waals surface area contributed by atoms with Gasteiger partial charge in [-0.2, -0.15) is 0 Å². The van der Waals surface area contributed by atoms with E-state index in [2.05, 4.69) is 16.8 Å². The summed E-state index contributed by atoms with van der Waals surface area (Å²) in [5.74, 6) is 5.14. The van der Waals surface area contributed by atoms with Crippen molar-refractivity contribution in [3.05, 3.63) is 129 Å². The Labute approximate surface area is 237 Å². The van der Waals surface area contributed by atoms with E-state index in [1.165, 1.54) is 13.1 Å². The predicted molar refractivity (Wildman–Crippen MR) is 156 cm³/mol. The van der Waals surface area contributed by atoms with Crippen molar-refractivity contribution in [3.8, 4) is 11.8 Å². The summed E-state index contributed by atoms with van der Waals surface area (Å²) in [6.07, 6.45) is 4.53. The number of fused-ring (bicyclic) bond motifs is 1. The molecule has 0 saturated heterocycles. The van der Waals surface area contributed by atoms with E-state index in [-0.39, 0.29) is 5.69 Å². The molecule has 4 aromatic rings. The summed E-state index contributed by atoms with van der Waals surface area (Å²) in [6, 6.07) is 19.1. The van der Waals surface area contributed by atoms with Crippen LogP contribution in [0.1, 0.15) is 47.4 Å². The van der Waals surface area contributed by atoms with Gasteiger partial charge in [-0.05, 0) is 66.9 Å². The maximum Gasteiger partial charge on any atom is 0.344 e. The lowest BCUT2D eigenvalue weighted by Crippen LogP contribution is -2.46. The van der Waals surface area contributed by atoms with Crippen LogP contribution in [-0.2, 0) is 17.4 Å². The van der Waals surface area contributed by atoms with Gasteiger partial charge in [-0.25, -0.2) is 9.78 Å². The molecule has 2 heterocycles. The quantitative estimate of drug-likeness (QED) is 0.213. The summed E-state index contributed by atoms with van der Waals surface area (Å²) in [4.78, 5) is 17.2. The fourth-order valence-corrected chi connectivity index (χ4v) is 5.01. The molecule has 1 amide bonds. The molecule has 1 aliphatic rings. The van der Waals surface area contributed by atoms with E-state index < -0.39 is 21.8 Å². The number of halogens is 1. The largest absolute Gasteiger partial charge is 0.620 e. The number of imidazole rings is 1. The number of aliphatic hydroxyl groups is 2. The highest BCUT2D eigenvalue weighted by Gasteiger charge is 2.40. The summed E-state index contributed by atoms with van der Waals surface area (Å²) in [6.45, 7) is 3.20. The molecule has 0 aliphatic carbocycles. The Hall–Kier alpha value is -4.03. The van der Waals surface area contributed by atoms with Crippen molar-refractivity contribution in [2.45, 2.75) is 25.0 Å². The fourth-order valence-electron chi connectivity index (χ4n) is 4.88. The van der Waals surface area contributed by atoms with Crippen LogP contribution < -0.4 is 4.65 Å². The van der Waals surface area contributed by atoms with E-state index in [9.17, 15) is 20.2 Å². The van der Waals surface area contributed by atoms with E-state index in [0.717, 1.165) is 0 Å². The predicted octanol–water partition coefficient (Wildman–Crippen LogP) is 4.89. The number of likely N-dealkylation sites (N-methyl/N-ethyl adjacent to an activating group) is 1.